The van der Waals surface area contributed by atoms with Crippen LogP contribution in [0.2, 0.25) is 0 Å². The molecule has 6 nitrogen and oxygen atoms in total. The van der Waals surface area contributed by atoms with Gasteiger partial charge in [0.05, 0.1) is 11.3 Å². The minimum atomic E-state index is 0.809. The van der Waals surface area contributed by atoms with E-state index in [-0.39, 0.29) is 0 Å². The van der Waals surface area contributed by atoms with Gasteiger partial charge in [-0.2, -0.15) is 9.61 Å². The molecule has 5 aromatic rings. The fraction of sp³-hybridized carbons (Fsp3) is 0.300. The molecule has 0 aliphatic carbocycles. The Bertz CT molecular complexity index is 1550. The average molecular weight is 479 g/mol. The molecular formula is C30H34N6. The molecule has 184 valence electrons. The highest BCUT2D eigenvalue weighted by Gasteiger charge is 2.21. The van der Waals surface area contributed by atoms with Crippen LogP contribution in [0.15, 0.2) is 60.8 Å². The summed E-state index contributed by atoms with van der Waals surface area (Å²) >= 11 is 0. The van der Waals surface area contributed by atoms with Crippen LogP contribution in [0, 0.1) is 20.8 Å². The van der Waals surface area contributed by atoms with Gasteiger partial charge in [0, 0.05) is 50.7 Å². The monoisotopic (exact) mass is 478 g/mol. The standard InChI is InChI=1S/C30H34N6/c1-7-14-35(19-23-12-13-24-10-8-9-11-25(24)17-23)28-16-21(3)32-30-29(22(4)33-36(28)30)26-18-31-27(34(5)6)15-20(26)2/h8-13,15-18H,7,14,19H2,1-6H3. The molecule has 0 saturated heterocycles. The van der Waals surface area contributed by atoms with Gasteiger partial charge in [-0.3, -0.25) is 0 Å². The molecule has 0 amide bonds. The van der Waals surface area contributed by atoms with Crippen molar-refractivity contribution in [1.82, 2.24) is 19.6 Å². The normalized spacial score (nSPS) is 11.4. The Morgan fingerprint density at radius 1 is 0.917 bits per heavy atom. The van der Waals surface area contributed by atoms with E-state index in [9.17, 15) is 0 Å². The zero-order valence-electron chi connectivity index (χ0n) is 22.1. The van der Waals surface area contributed by atoms with E-state index in [2.05, 4.69) is 92.2 Å². The summed E-state index contributed by atoms with van der Waals surface area (Å²) in [7, 11) is 4.02. The van der Waals surface area contributed by atoms with Crippen molar-refractivity contribution in [2.24, 2.45) is 0 Å². The number of nitrogens with zero attached hydrogens (tertiary/aromatic N) is 6. The Balaban J connectivity index is 1.61. The van der Waals surface area contributed by atoms with Crippen LogP contribution < -0.4 is 9.80 Å². The van der Waals surface area contributed by atoms with Crippen molar-refractivity contribution in [1.29, 1.82) is 0 Å². The summed E-state index contributed by atoms with van der Waals surface area (Å²) in [6.07, 6.45) is 3.00. The topological polar surface area (TPSA) is 49.6 Å². The van der Waals surface area contributed by atoms with Crippen LogP contribution in [-0.2, 0) is 6.54 Å². The third kappa shape index (κ3) is 4.39. The lowest BCUT2D eigenvalue weighted by molar-refractivity contribution is 0.728. The fourth-order valence-electron chi connectivity index (χ4n) is 4.92. The summed E-state index contributed by atoms with van der Waals surface area (Å²) < 4.78 is 2.02. The summed E-state index contributed by atoms with van der Waals surface area (Å²) in [6, 6.07) is 19.5. The number of hydrogen-bond donors (Lipinski definition) is 0. The van der Waals surface area contributed by atoms with Crippen LogP contribution in [0.5, 0.6) is 0 Å². The first kappa shape index (κ1) is 23.8. The zero-order chi connectivity index (χ0) is 25.4. The largest absolute Gasteiger partial charge is 0.363 e. The number of fused-ring (bicyclic) bond motifs is 2. The Morgan fingerprint density at radius 3 is 2.42 bits per heavy atom. The number of benzene rings is 2. The number of aromatic nitrogens is 4. The van der Waals surface area contributed by atoms with Gasteiger partial charge in [-0.05, 0) is 61.2 Å². The van der Waals surface area contributed by atoms with E-state index in [0.717, 1.165) is 64.9 Å². The molecule has 3 aromatic heterocycles. The lowest BCUT2D eigenvalue weighted by atomic mass is 10.0. The summed E-state index contributed by atoms with van der Waals surface area (Å²) in [4.78, 5) is 14.1. The maximum Gasteiger partial charge on any atom is 0.165 e. The molecule has 5 rings (SSSR count). The maximum absolute atomic E-state index is 5.00. The van der Waals surface area contributed by atoms with Crippen LogP contribution in [0.1, 0.15) is 35.9 Å². The zero-order valence-corrected chi connectivity index (χ0v) is 22.1. The van der Waals surface area contributed by atoms with Crippen molar-refractivity contribution in [3.05, 3.63) is 83.3 Å². The minimum Gasteiger partial charge on any atom is -0.363 e. The predicted octanol–water partition coefficient (Wildman–Crippen LogP) is 6.35. The van der Waals surface area contributed by atoms with Gasteiger partial charge in [-0.25, -0.2) is 9.97 Å². The van der Waals surface area contributed by atoms with Gasteiger partial charge in [-0.15, -0.1) is 0 Å². The molecule has 2 aromatic carbocycles. The van der Waals surface area contributed by atoms with Crippen LogP contribution >= 0.6 is 0 Å². The van der Waals surface area contributed by atoms with E-state index in [0.29, 0.717) is 0 Å². The molecule has 36 heavy (non-hydrogen) atoms. The van der Waals surface area contributed by atoms with Crippen LogP contribution in [0.4, 0.5) is 11.6 Å². The van der Waals surface area contributed by atoms with E-state index < -0.39 is 0 Å². The van der Waals surface area contributed by atoms with Crippen LogP contribution in [0.25, 0.3) is 27.5 Å². The van der Waals surface area contributed by atoms with Crippen molar-refractivity contribution in [2.75, 3.05) is 30.4 Å². The van der Waals surface area contributed by atoms with Crippen molar-refractivity contribution >= 4 is 28.1 Å². The van der Waals surface area contributed by atoms with E-state index in [4.69, 9.17) is 10.1 Å². The van der Waals surface area contributed by atoms with Gasteiger partial charge in [0.25, 0.3) is 0 Å². The Morgan fingerprint density at radius 2 is 1.69 bits per heavy atom. The second-order valence-electron chi connectivity index (χ2n) is 9.81. The molecule has 0 aliphatic rings. The van der Waals surface area contributed by atoms with Crippen molar-refractivity contribution in [3.63, 3.8) is 0 Å². The summed E-state index contributed by atoms with van der Waals surface area (Å²) in [6.45, 7) is 10.2. The second kappa shape index (κ2) is 9.61. The van der Waals surface area contributed by atoms with E-state index in [1.165, 1.54) is 16.3 Å². The third-order valence-corrected chi connectivity index (χ3v) is 6.70. The first-order chi connectivity index (χ1) is 17.4. The molecule has 0 radical (unpaired) electrons. The lowest BCUT2D eigenvalue weighted by Gasteiger charge is -2.25. The van der Waals surface area contributed by atoms with Crippen LogP contribution in [-0.4, -0.2) is 40.2 Å². The highest BCUT2D eigenvalue weighted by molar-refractivity contribution is 5.84. The third-order valence-electron chi connectivity index (χ3n) is 6.70. The first-order valence-electron chi connectivity index (χ1n) is 12.6. The first-order valence-corrected chi connectivity index (χ1v) is 12.6. The molecule has 0 unspecified atom stereocenters. The van der Waals surface area contributed by atoms with Crippen LogP contribution in [0.3, 0.4) is 0 Å². The summed E-state index contributed by atoms with van der Waals surface area (Å²) in [5, 5.41) is 7.53. The van der Waals surface area contributed by atoms with E-state index in [1.807, 2.05) is 29.7 Å². The van der Waals surface area contributed by atoms with Gasteiger partial charge in [-0.1, -0.05) is 43.3 Å². The molecule has 0 N–H and O–H groups in total. The number of rotatable bonds is 7. The average Bonchev–Trinajstić information content (AvgIpc) is 3.18. The smallest absolute Gasteiger partial charge is 0.165 e. The van der Waals surface area contributed by atoms with E-state index in [1.54, 1.807) is 0 Å². The molecule has 6 heteroatoms. The second-order valence-corrected chi connectivity index (χ2v) is 9.81. The molecule has 0 spiro atoms. The van der Waals surface area contributed by atoms with Crippen molar-refractivity contribution in [2.45, 2.75) is 40.7 Å². The maximum atomic E-state index is 5.00. The number of anilines is 2. The number of pyridine rings is 1. The van der Waals surface area contributed by atoms with Gasteiger partial charge in [0.2, 0.25) is 0 Å². The Hall–Kier alpha value is -3.93. The van der Waals surface area contributed by atoms with Gasteiger partial charge >= 0.3 is 0 Å². The Labute approximate surface area is 213 Å². The van der Waals surface area contributed by atoms with Crippen molar-refractivity contribution < 1.29 is 0 Å². The number of hydrogen-bond acceptors (Lipinski definition) is 5. The summed E-state index contributed by atoms with van der Waals surface area (Å²) in [5.74, 6) is 2.01. The fourth-order valence-corrected chi connectivity index (χ4v) is 4.92. The Kier molecular flexibility index (Phi) is 6.35. The van der Waals surface area contributed by atoms with E-state index >= 15 is 0 Å². The SMILES string of the molecule is CCCN(Cc1ccc2ccccc2c1)c1cc(C)nc2c(-c3cnc(N(C)C)cc3C)c(C)nn12. The van der Waals surface area contributed by atoms with Gasteiger partial charge < -0.3 is 9.80 Å². The molecule has 0 saturated carbocycles. The molecule has 0 atom stereocenters. The molecular weight excluding hydrogens is 444 g/mol. The van der Waals surface area contributed by atoms with Gasteiger partial charge in [0.15, 0.2) is 5.65 Å². The molecule has 0 aliphatic heterocycles. The molecule has 0 fully saturated rings. The highest BCUT2D eigenvalue weighted by atomic mass is 15.4. The van der Waals surface area contributed by atoms with Crippen molar-refractivity contribution in [3.8, 4) is 11.1 Å². The number of aryl methyl sites for hydroxylation is 3. The highest BCUT2D eigenvalue weighted by Crippen LogP contribution is 2.33. The quantitative estimate of drug-likeness (QED) is 0.273. The molecule has 0 bridgehead atoms. The minimum absolute atomic E-state index is 0.809. The van der Waals surface area contributed by atoms with Gasteiger partial charge in [0.1, 0.15) is 11.6 Å². The summed E-state index contributed by atoms with van der Waals surface area (Å²) in [5.41, 5.74) is 7.40. The predicted molar refractivity (Wildman–Crippen MR) is 150 cm³/mol. The molecule has 3 heterocycles. The lowest BCUT2D eigenvalue weighted by Crippen LogP contribution is -2.26.